The topological polar surface area (TPSA) is 143 Å². The number of ether oxygens (including phenoxy) is 1. The number of benzene rings is 1. The largest absolute Gasteiger partial charge is 0.423 e. The number of rotatable bonds is 26. The Morgan fingerprint density at radius 3 is 2.35 bits per heavy atom. The fourth-order valence-corrected chi connectivity index (χ4v) is 6.58. The van der Waals surface area contributed by atoms with Crippen LogP contribution in [0.2, 0.25) is 0 Å². The zero-order valence-corrected chi connectivity index (χ0v) is 29.6. The Kier molecular flexibility index (Phi) is 18.2. The second kappa shape index (κ2) is 22.3. The van der Waals surface area contributed by atoms with E-state index in [2.05, 4.69) is 39.3 Å². The number of nitrogen functional groups attached to an aromatic ring is 1. The van der Waals surface area contributed by atoms with Crippen molar-refractivity contribution in [3.63, 3.8) is 0 Å². The van der Waals surface area contributed by atoms with Gasteiger partial charge >= 0.3 is 7.60 Å². The van der Waals surface area contributed by atoms with E-state index in [1.165, 1.54) is 88.4 Å². The van der Waals surface area contributed by atoms with E-state index in [9.17, 15) is 13.8 Å². The van der Waals surface area contributed by atoms with Crippen molar-refractivity contribution < 1.29 is 27.5 Å². The average molecular weight is 689 g/mol. The van der Waals surface area contributed by atoms with Crippen molar-refractivity contribution in [1.29, 1.82) is 0 Å². The number of hydrogen-bond donors (Lipinski definition) is 2. The second-order valence-electron chi connectivity index (χ2n) is 12.1. The first-order valence-electron chi connectivity index (χ1n) is 17.4. The van der Waals surface area contributed by atoms with Gasteiger partial charge in [-0.3, -0.25) is 9.32 Å². The molecule has 0 fully saturated rings. The molecule has 11 nitrogen and oxygen atoms in total. The third kappa shape index (κ3) is 15.3. The van der Waals surface area contributed by atoms with E-state index in [4.69, 9.17) is 19.5 Å². The number of nitrogens with one attached hydrogen (secondary N) is 1. The summed E-state index contributed by atoms with van der Waals surface area (Å²) in [4.78, 5) is 24.8. The summed E-state index contributed by atoms with van der Waals surface area (Å²) in [5, 5.41) is 2.82. The molecule has 0 spiro atoms. The molecule has 2 heterocycles. The number of nitrogens with two attached hydrogens (primary N) is 1. The molecule has 1 aromatic carbocycles. The normalized spacial score (nSPS) is 13.6. The number of unbranched alkanes of at least 4 members (excludes halogenated alkanes) is 11. The predicted molar refractivity (Wildman–Crippen MR) is 188 cm³/mol. The summed E-state index contributed by atoms with van der Waals surface area (Å²) in [7, 11) is -3.84. The van der Waals surface area contributed by atoms with Crippen molar-refractivity contribution in [3.8, 4) is 5.75 Å². The molecule has 0 bridgehead atoms. The first kappa shape index (κ1) is 39.1. The molecule has 0 aliphatic carbocycles. The van der Waals surface area contributed by atoms with Crippen LogP contribution in [-0.4, -0.2) is 51.0 Å². The molecule has 3 rings (SSSR count). The molecule has 2 atom stereocenters. The zero-order valence-electron chi connectivity index (χ0n) is 28.7. The van der Waals surface area contributed by atoms with E-state index in [0.717, 1.165) is 25.7 Å². The van der Waals surface area contributed by atoms with Crippen LogP contribution in [0.15, 0.2) is 49.1 Å². The van der Waals surface area contributed by atoms with E-state index in [-0.39, 0.29) is 37.0 Å². The van der Waals surface area contributed by atoms with E-state index >= 15 is 0 Å². The predicted octanol–water partition coefficient (Wildman–Crippen LogP) is 8.35. The molecule has 2 aromatic heterocycles. The highest BCUT2D eigenvalue weighted by atomic mass is 31.2. The molecule has 266 valence electrons. The first-order chi connectivity index (χ1) is 23.3. The lowest BCUT2D eigenvalue weighted by Gasteiger charge is -2.22. The maximum Gasteiger partial charge on any atom is 0.404 e. The van der Waals surface area contributed by atoms with Gasteiger partial charge in [0.05, 0.1) is 25.6 Å². The number of anilines is 1. The number of carbonyl (C=O) groups is 1. The fourth-order valence-electron chi connectivity index (χ4n) is 5.15. The number of carbonyl (C=O) groups excluding carboxylic acids is 1. The number of halogens is 1. The van der Waals surface area contributed by atoms with Crippen LogP contribution in [0.4, 0.5) is 10.2 Å². The molecular formula is C35H54FN6O5P. The second-order valence-corrected chi connectivity index (χ2v) is 14.0. The van der Waals surface area contributed by atoms with Gasteiger partial charge in [0, 0.05) is 13.0 Å². The van der Waals surface area contributed by atoms with Gasteiger partial charge in [0.25, 0.3) is 0 Å². The summed E-state index contributed by atoms with van der Waals surface area (Å²) in [5.41, 5.74) is 6.91. The fraction of sp³-hybridized carbons (Fsp3) is 0.600. The Bertz CT molecular complexity index is 1420. The molecule has 48 heavy (non-hydrogen) atoms. The van der Waals surface area contributed by atoms with Crippen LogP contribution < -0.4 is 15.6 Å². The average Bonchev–Trinajstić information content (AvgIpc) is 3.49. The lowest BCUT2D eigenvalue weighted by atomic mass is 10.1. The number of imidazole rings is 1. The van der Waals surface area contributed by atoms with Crippen LogP contribution in [0.3, 0.4) is 0 Å². The maximum absolute atomic E-state index is 13.7. The van der Waals surface area contributed by atoms with Gasteiger partial charge in [-0.1, -0.05) is 70.4 Å². The lowest BCUT2D eigenvalue weighted by Crippen LogP contribution is -2.27. The standard InChI is InChI=1S/C35H54FN6O5P/c1-3-4-5-6-7-8-9-10-11-12-13-14-15-16-17-18-32(43)38-23-24-46-48(44,47-31-21-19-30(36)20-22-31)28-45-29(2)25-42-27-41-33-34(37)39-26-40-35(33)42/h10-11,19-22,26-27,29H,3-9,12-18,23-25,28H2,1-2H3,(H,38,43)(H2,37,39,40)/b11-10-/t29-,48?/m1/s1. The molecule has 13 heteroatoms. The number of hydrogen-bond acceptors (Lipinski definition) is 9. The number of fused-ring (bicyclic) bond motifs is 1. The summed E-state index contributed by atoms with van der Waals surface area (Å²) in [6, 6.07) is 5.14. The SMILES string of the molecule is CCCCCCCC/C=C\CCCCCCCC(=O)NCCOP(=O)(CO[C@H](C)Cn1cnc2c(N)ncnc21)Oc1ccc(F)cc1. The van der Waals surface area contributed by atoms with Crippen molar-refractivity contribution in [2.45, 2.75) is 116 Å². The van der Waals surface area contributed by atoms with Crippen LogP contribution in [-0.2, 0) is 25.2 Å². The molecule has 0 aliphatic heterocycles. The van der Waals surface area contributed by atoms with Crippen LogP contribution >= 0.6 is 7.60 Å². The highest BCUT2D eigenvalue weighted by molar-refractivity contribution is 7.54. The smallest absolute Gasteiger partial charge is 0.404 e. The molecule has 3 N–H and O–H groups in total. The van der Waals surface area contributed by atoms with Crippen molar-refractivity contribution >= 4 is 30.5 Å². The third-order valence-corrected chi connectivity index (χ3v) is 9.37. The van der Waals surface area contributed by atoms with Crippen LogP contribution in [0.5, 0.6) is 5.75 Å². The minimum Gasteiger partial charge on any atom is -0.423 e. The zero-order chi connectivity index (χ0) is 34.5. The van der Waals surface area contributed by atoms with Crippen molar-refractivity contribution in [2.75, 3.05) is 25.2 Å². The summed E-state index contributed by atoms with van der Waals surface area (Å²) in [6.45, 7) is 4.51. The van der Waals surface area contributed by atoms with E-state index < -0.39 is 19.5 Å². The quantitative estimate of drug-likeness (QED) is 0.0483. The minimum absolute atomic E-state index is 0.0450. The highest BCUT2D eigenvalue weighted by Crippen LogP contribution is 2.48. The Morgan fingerprint density at radius 1 is 0.979 bits per heavy atom. The monoisotopic (exact) mass is 688 g/mol. The Balaban J connectivity index is 1.31. The van der Waals surface area contributed by atoms with Crippen LogP contribution in [0.25, 0.3) is 11.2 Å². The molecule has 1 amide bonds. The van der Waals surface area contributed by atoms with E-state index in [0.29, 0.717) is 24.1 Å². The summed E-state index contributed by atoms with van der Waals surface area (Å²) < 4.78 is 46.0. The number of allylic oxidation sites excluding steroid dienone is 2. The number of nitrogens with zero attached hydrogens (tertiary/aromatic N) is 4. The number of amides is 1. The number of aromatic nitrogens is 4. The van der Waals surface area contributed by atoms with Crippen LogP contribution in [0.1, 0.15) is 104 Å². The molecular weight excluding hydrogens is 634 g/mol. The molecule has 0 saturated carbocycles. The van der Waals surface area contributed by atoms with Gasteiger partial charge in [-0.15, -0.1) is 0 Å². The molecule has 1 unspecified atom stereocenters. The van der Waals surface area contributed by atoms with Crippen molar-refractivity contribution in [2.24, 2.45) is 0 Å². The van der Waals surface area contributed by atoms with Crippen molar-refractivity contribution in [1.82, 2.24) is 24.8 Å². The molecule has 3 aromatic rings. The minimum atomic E-state index is -3.84. The molecule has 0 radical (unpaired) electrons. The summed E-state index contributed by atoms with van der Waals surface area (Å²) in [6.07, 6.45) is 22.9. The molecule has 0 aliphatic rings. The van der Waals surface area contributed by atoms with Crippen LogP contribution in [0, 0.1) is 5.82 Å². The molecule has 0 saturated heterocycles. The van der Waals surface area contributed by atoms with Gasteiger partial charge in [-0.05, 0) is 63.3 Å². The summed E-state index contributed by atoms with van der Waals surface area (Å²) >= 11 is 0. The van der Waals surface area contributed by atoms with Gasteiger partial charge in [0.15, 0.2) is 17.8 Å². The van der Waals surface area contributed by atoms with Gasteiger partial charge in [-0.2, -0.15) is 0 Å². The van der Waals surface area contributed by atoms with Gasteiger partial charge < -0.3 is 24.9 Å². The highest BCUT2D eigenvalue weighted by Gasteiger charge is 2.28. The van der Waals surface area contributed by atoms with E-state index in [1.54, 1.807) is 17.8 Å². The van der Waals surface area contributed by atoms with Crippen molar-refractivity contribution in [3.05, 3.63) is 54.9 Å². The Hall–Kier alpha value is -3.34. The van der Waals surface area contributed by atoms with Gasteiger partial charge in [0.1, 0.15) is 23.4 Å². The van der Waals surface area contributed by atoms with E-state index in [1.807, 2.05) is 0 Å². The lowest BCUT2D eigenvalue weighted by molar-refractivity contribution is -0.121. The van der Waals surface area contributed by atoms with Gasteiger partial charge in [-0.25, -0.2) is 23.9 Å². The summed E-state index contributed by atoms with van der Waals surface area (Å²) in [5.74, 6) is -0.0732. The third-order valence-electron chi connectivity index (χ3n) is 7.84. The first-order valence-corrected chi connectivity index (χ1v) is 19.2. The Morgan fingerprint density at radius 2 is 1.65 bits per heavy atom. The maximum atomic E-state index is 13.7. The Labute approximate surface area is 284 Å². The van der Waals surface area contributed by atoms with Gasteiger partial charge in [0.2, 0.25) is 5.91 Å².